The zero-order valence-corrected chi connectivity index (χ0v) is 14.1. The summed E-state index contributed by atoms with van der Waals surface area (Å²) in [5.74, 6) is 0.269. The molecule has 0 radical (unpaired) electrons. The normalized spacial score (nSPS) is 25.8. The fraction of sp³-hybridized carbons (Fsp3) is 0.600. The summed E-state index contributed by atoms with van der Waals surface area (Å²) in [7, 11) is -3.39. The maximum absolute atomic E-state index is 11.6. The second kappa shape index (κ2) is 5.63. The van der Waals surface area contributed by atoms with E-state index in [1.165, 1.54) is 11.8 Å². The molecule has 3 rings (SSSR count). The van der Waals surface area contributed by atoms with E-state index >= 15 is 0 Å². The SMILES string of the molecule is CC1(C)COB(c2ccc(C3CCN(S(C)(=O)=O)C3)cc2)O1. The molecule has 7 heteroatoms. The van der Waals surface area contributed by atoms with E-state index in [0.29, 0.717) is 19.7 Å². The molecule has 120 valence electrons. The molecule has 1 unspecified atom stereocenters. The van der Waals surface area contributed by atoms with Crippen LogP contribution in [0.25, 0.3) is 0 Å². The van der Waals surface area contributed by atoms with Gasteiger partial charge in [-0.05, 0) is 37.2 Å². The Morgan fingerprint density at radius 2 is 1.95 bits per heavy atom. The lowest BCUT2D eigenvalue weighted by atomic mass is 9.78. The maximum Gasteiger partial charge on any atom is 0.494 e. The van der Waals surface area contributed by atoms with Crippen molar-refractivity contribution in [3.63, 3.8) is 0 Å². The Bertz CT molecular complexity index is 644. The first-order valence-corrected chi connectivity index (χ1v) is 9.44. The minimum atomic E-state index is -3.08. The molecule has 0 saturated carbocycles. The van der Waals surface area contributed by atoms with Crippen molar-refractivity contribution in [3.8, 4) is 0 Å². The van der Waals surface area contributed by atoms with Crippen LogP contribution in [0.1, 0.15) is 31.7 Å². The molecule has 0 bridgehead atoms. The molecule has 1 atom stereocenters. The Hall–Kier alpha value is -0.885. The first-order chi connectivity index (χ1) is 10.2. The molecule has 2 saturated heterocycles. The molecule has 1 aromatic carbocycles. The molecule has 1 aromatic rings. The molecule has 0 spiro atoms. The van der Waals surface area contributed by atoms with Crippen LogP contribution in [0.5, 0.6) is 0 Å². The van der Waals surface area contributed by atoms with Gasteiger partial charge in [-0.2, -0.15) is 0 Å². The van der Waals surface area contributed by atoms with Gasteiger partial charge in [-0.3, -0.25) is 0 Å². The fourth-order valence-corrected chi connectivity index (χ4v) is 3.91. The molecule has 0 aliphatic carbocycles. The molecule has 22 heavy (non-hydrogen) atoms. The van der Waals surface area contributed by atoms with E-state index in [4.69, 9.17) is 9.31 Å². The van der Waals surface area contributed by atoms with E-state index in [2.05, 4.69) is 12.1 Å². The topological polar surface area (TPSA) is 55.8 Å². The molecular weight excluding hydrogens is 301 g/mol. The molecule has 0 N–H and O–H groups in total. The summed E-state index contributed by atoms with van der Waals surface area (Å²) in [5, 5.41) is 0. The van der Waals surface area contributed by atoms with Gasteiger partial charge >= 0.3 is 7.12 Å². The first-order valence-electron chi connectivity index (χ1n) is 7.59. The summed E-state index contributed by atoms with van der Waals surface area (Å²) < 4.78 is 36.3. The number of hydrogen-bond acceptors (Lipinski definition) is 4. The van der Waals surface area contributed by atoms with Crippen molar-refractivity contribution in [2.75, 3.05) is 26.0 Å². The van der Waals surface area contributed by atoms with Gasteiger partial charge in [0.25, 0.3) is 0 Å². The Morgan fingerprint density at radius 1 is 1.27 bits per heavy atom. The second-order valence-electron chi connectivity index (χ2n) is 6.79. The Morgan fingerprint density at radius 3 is 2.45 bits per heavy atom. The van der Waals surface area contributed by atoms with E-state index in [1.54, 1.807) is 4.31 Å². The lowest BCUT2D eigenvalue weighted by Crippen LogP contribution is -2.34. The van der Waals surface area contributed by atoms with Gasteiger partial charge in [-0.15, -0.1) is 0 Å². The van der Waals surface area contributed by atoms with Gasteiger partial charge in [0, 0.05) is 13.1 Å². The van der Waals surface area contributed by atoms with Gasteiger partial charge in [0.2, 0.25) is 10.0 Å². The lowest BCUT2D eigenvalue weighted by Gasteiger charge is -2.16. The summed E-state index contributed by atoms with van der Waals surface area (Å²) in [5.41, 5.74) is 1.93. The third-order valence-corrected chi connectivity index (χ3v) is 5.58. The largest absolute Gasteiger partial charge is 0.494 e. The molecule has 2 heterocycles. The van der Waals surface area contributed by atoms with E-state index in [0.717, 1.165) is 11.9 Å². The highest BCUT2D eigenvalue weighted by Gasteiger charge is 2.38. The van der Waals surface area contributed by atoms with Gasteiger partial charge in [0.1, 0.15) is 0 Å². The van der Waals surface area contributed by atoms with Gasteiger partial charge in [0.15, 0.2) is 0 Å². The van der Waals surface area contributed by atoms with Crippen molar-refractivity contribution in [3.05, 3.63) is 29.8 Å². The van der Waals surface area contributed by atoms with Gasteiger partial charge < -0.3 is 9.31 Å². The summed E-state index contributed by atoms with van der Waals surface area (Å²) in [6.45, 7) is 5.79. The van der Waals surface area contributed by atoms with Crippen LogP contribution in [0.4, 0.5) is 0 Å². The fourth-order valence-electron chi connectivity index (χ4n) is 3.03. The first kappa shape index (κ1) is 16.0. The zero-order chi connectivity index (χ0) is 16.0. The van der Waals surface area contributed by atoms with Crippen LogP contribution in [0.2, 0.25) is 0 Å². The van der Waals surface area contributed by atoms with Crippen LogP contribution in [-0.2, 0) is 19.3 Å². The predicted molar refractivity (Wildman–Crippen MR) is 86.7 cm³/mol. The van der Waals surface area contributed by atoms with Crippen molar-refractivity contribution < 1.29 is 17.7 Å². The maximum atomic E-state index is 11.6. The van der Waals surface area contributed by atoms with E-state index in [-0.39, 0.29) is 18.6 Å². The smallest absolute Gasteiger partial charge is 0.404 e. The molecule has 2 fully saturated rings. The van der Waals surface area contributed by atoms with Crippen molar-refractivity contribution >= 4 is 22.6 Å². The molecule has 5 nitrogen and oxygen atoms in total. The van der Waals surface area contributed by atoms with Crippen molar-refractivity contribution in [1.82, 2.24) is 4.31 Å². The third-order valence-electron chi connectivity index (χ3n) is 4.31. The second-order valence-corrected chi connectivity index (χ2v) is 8.78. The van der Waals surface area contributed by atoms with E-state index < -0.39 is 10.0 Å². The van der Waals surface area contributed by atoms with E-state index in [9.17, 15) is 8.42 Å². The summed E-state index contributed by atoms with van der Waals surface area (Å²) in [6, 6.07) is 8.16. The predicted octanol–water partition coefficient (Wildman–Crippen LogP) is 0.956. The highest BCUT2D eigenvalue weighted by molar-refractivity contribution is 7.88. The molecular formula is C15H22BNO4S. The number of rotatable bonds is 3. The average Bonchev–Trinajstić information content (AvgIpc) is 3.05. The van der Waals surface area contributed by atoms with Crippen molar-refractivity contribution in [1.29, 1.82) is 0 Å². The molecule has 0 aromatic heterocycles. The minimum Gasteiger partial charge on any atom is -0.404 e. The number of sulfonamides is 1. The Labute approximate surface area is 132 Å². The highest BCUT2D eigenvalue weighted by atomic mass is 32.2. The lowest BCUT2D eigenvalue weighted by molar-refractivity contribution is 0.137. The minimum absolute atomic E-state index is 0.245. The molecule has 0 amide bonds. The molecule has 2 aliphatic heterocycles. The van der Waals surface area contributed by atoms with Crippen molar-refractivity contribution in [2.45, 2.75) is 31.8 Å². The van der Waals surface area contributed by atoms with Crippen LogP contribution >= 0.6 is 0 Å². The Balaban J connectivity index is 1.68. The standard InChI is InChI=1S/C15H22BNO4S/c1-15(2)11-20-16(21-15)14-6-4-12(5-7-14)13-8-9-17(10-13)22(3,18)19/h4-7,13H,8-11H2,1-3H3. The van der Waals surface area contributed by atoms with Crippen LogP contribution in [0, 0.1) is 0 Å². The number of hydrogen-bond donors (Lipinski definition) is 0. The van der Waals surface area contributed by atoms with Crippen LogP contribution in [0.3, 0.4) is 0 Å². The summed E-state index contributed by atoms with van der Waals surface area (Å²) in [4.78, 5) is 0. The van der Waals surface area contributed by atoms with Gasteiger partial charge in [0.05, 0.1) is 18.5 Å². The number of nitrogens with zero attached hydrogens (tertiary/aromatic N) is 1. The van der Waals surface area contributed by atoms with Gasteiger partial charge in [-0.1, -0.05) is 24.3 Å². The summed E-state index contributed by atoms with van der Waals surface area (Å²) in [6.07, 6.45) is 2.14. The van der Waals surface area contributed by atoms with Crippen LogP contribution in [0.15, 0.2) is 24.3 Å². The van der Waals surface area contributed by atoms with Crippen molar-refractivity contribution in [2.24, 2.45) is 0 Å². The molecule has 2 aliphatic rings. The quantitative estimate of drug-likeness (QED) is 0.778. The Kier molecular flexibility index (Phi) is 4.10. The van der Waals surface area contributed by atoms with Gasteiger partial charge in [-0.25, -0.2) is 12.7 Å². The average molecular weight is 323 g/mol. The zero-order valence-electron chi connectivity index (χ0n) is 13.3. The number of benzene rings is 1. The summed E-state index contributed by atoms with van der Waals surface area (Å²) >= 11 is 0. The monoisotopic (exact) mass is 323 g/mol. The van der Waals surface area contributed by atoms with Crippen LogP contribution in [-0.4, -0.2) is 51.4 Å². The third kappa shape index (κ3) is 3.37. The van der Waals surface area contributed by atoms with E-state index in [1.807, 2.05) is 26.0 Å². The van der Waals surface area contributed by atoms with Crippen LogP contribution < -0.4 is 5.46 Å². The highest BCUT2D eigenvalue weighted by Crippen LogP contribution is 2.28.